The zero-order chi connectivity index (χ0) is 21.5. The summed E-state index contributed by atoms with van der Waals surface area (Å²) in [6.07, 6.45) is 4.34. The van der Waals surface area contributed by atoms with Crippen LogP contribution in [0, 0.1) is 0 Å². The number of carbonyl (C=O) groups is 2. The van der Waals surface area contributed by atoms with E-state index in [1.807, 2.05) is 49.3 Å². The highest BCUT2D eigenvalue weighted by atomic mass is 127. The molecule has 1 aliphatic rings. The van der Waals surface area contributed by atoms with Gasteiger partial charge in [0.25, 0.3) is 0 Å². The number of rotatable bonds is 6. The summed E-state index contributed by atoms with van der Waals surface area (Å²) in [5, 5.41) is 10.2. The van der Waals surface area contributed by atoms with E-state index in [1.54, 1.807) is 15.8 Å². The fourth-order valence-corrected chi connectivity index (χ4v) is 3.35. The Hall–Kier alpha value is -2.63. The molecule has 9 nitrogen and oxygen atoms in total. The third-order valence-electron chi connectivity index (χ3n) is 4.79. The van der Waals surface area contributed by atoms with Gasteiger partial charge in [-0.05, 0) is 31.0 Å². The second kappa shape index (κ2) is 11.7. The molecule has 31 heavy (non-hydrogen) atoms. The number of anilines is 2. The maximum absolute atomic E-state index is 12.7. The molecule has 2 heterocycles. The standard InChI is InChI=1S/C21H29N7O2.HI/c1-4-22-21(23-10-9-17-5-7-18(8-6-17)25-16(2)29)27-11-12-28(20(30)15-27)19-13-24-26(3)14-19;/h5-8,13-14H,4,9-12,15H2,1-3H3,(H,22,23)(H,25,29);1H. The third-order valence-corrected chi connectivity index (χ3v) is 4.79. The Bertz CT molecular complexity index is 911. The number of guanidine groups is 1. The number of aromatic nitrogens is 2. The van der Waals surface area contributed by atoms with Crippen molar-refractivity contribution < 1.29 is 9.59 Å². The molecule has 1 aliphatic heterocycles. The van der Waals surface area contributed by atoms with Crippen LogP contribution in [-0.2, 0) is 23.1 Å². The number of aliphatic imine (C=N–C) groups is 1. The minimum absolute atomic E-state index is 0. The molecule has 1 fully saturated rings. The van der Waals surface area contributed by atoms with Gasteiger partial charge >= 0.3 is 0 Å². The summed E-state index contributed by atoms with van der Waals surface area (Å²) in [6.45, 7) is 6.44. The van der Waals surface area contributed by atoms with Crippen LogP contribution in [0.4, 0.5) is 11.4 Å². The van der Waals surface area contributed by atoms with Crippen LogP contribution in [0.25, 0.3) is 0 Å². The SMILES string of the molecule is CCNC(=NCCc1ccc(NC(C)=O)cc1)N1CCN(c2cnn(C)c2)C(=O)C1.I. The average molecular weight is 539 g/mol. The summed E-state index contributed by atoms with van der Waals surface area (Å²) in [5.74, 6) is 0.709. The smallest absolute Gasteiger partial charge is 0.246 e. The predicted octanol–water partition coefficient (Wildman–Crippen LogP) is 1.85. The van der Waals surface area contributed by atoms with Crippen LogP contribution in [0.1, 0.15) is 19.4 Å². The van der Waals surface area contributed by atoms with Crippen molar-refractivity contribution in [1.82, 2.24) is 20.0 Å². The van der Waals surface area contributed by atoms with Crippen molar-refractivity contribution in [3.8, 4) is 0 Å². The number of hydrogen-bond acceptors (Lipinski definition) is 4. The van der Waals surface area contributed by atoms with Gasteiger partial charge in [0.15, 0.2) is 5.96 Å². The highest BCUT2D eigenvalue weighted by Crippen LogP contribution is 2.16. The Morgan fingerprint density at radius 3 is 2.55 bits per heavy atom. The number of aryl methyl sites for hydroxylation is 1. The van der Waals surface area contributed by atoms with Gasteiger partial charge in [-0.15, -0.1) is 24.0 Å². The predicted molar refractivity (Wildman–Crippen MR) is 133 cm³/mol. The number of piperazine rings is 1. The van der Waals surface area contributed by atoms with Crippen LogP contribution in [0.5, 0.6) is 0 Å². The maximum atomic E-state index is 12.7. The first-order valence-electron chi connectivity index (χ1n) is 10.1. The van der Waals surface area contributed by atoms with E-state index in [0.29, 0.717) is 19.6 Å². The van der Waals surface area contributed by atoms with Crippen LogP contribution in [0.3, 0.4) is 0 Å². The zero-order valence-corrected chi connectivity index (χ0v) is 20.5. The number of amides is 2. The molecule has 0 unspecified atom stereocenters. The maximum Gasteiger partial charge on any atom is 0.246 e. The molecule has 0 spiro atoms. The summed E-state index contributed by atoms with van der Waals surface area (Å²) in [4.78, 5) is 32.3. The molecule has 2 N–H and O–H groups in total. The normalized spacial score (nSPS) is 14.3. The van der Waals surface area contributed by atoms with Crippen LogP contribution in [-0.4, -0.2) is 65.2 Å². The van der Waals surface area contributed by atoms with Gasteiger partial charge in [0, 0.05) is 52.0 Å². The Balaban J connectivity index is 0.00000341. The first kappa shape index (κ1) is 24.6. The quantitative estimate of drug-likeness (QED) is 0.332. The lowest BCUT2D eigenvalue weighted by Crippen LogP contribution is -2.55. The van der Waals surface area contributed by atoms with Crippen LogP contribution < -0.4 is 15.5 Å². The highest BCUT2D eigenvalue weighted by Gasteiger charge is 2.27. The largest absolute Gasteiger partial charge is 0.357 e. The molecule has 0 radical (unpaired) electrons. The van der Waals surface area contributed by atoms with Crippen molar-refractivity contribution in [1.29, 1.82) is 0 Å². The lowest BCUT2D eigenvalue weighted by molar-refractivity contribution is -0.120. The van der Waals surface area contributed by atoms with Crippen molar-refractivity contribution >= 4 is 53.1 Å². The van der Waals surface area contributed by atoms with Gasteiger partial charge in [-0.2, -0.15) is 5.10 Å². The summed E-state index contributed by atoms with van der Waals surface area (Å²) in [6, 6.07) is 7.76. The molecular formula is C21H30IN7O2. The summed E-state index contributed by atoms with van der Waals surface area (Å²) >= 11 is 0. The molecule has 3 rings (SSSR count). The second-order valence-corrected chi connectivity index (χ2v) is 7.20. The lowest BCUT2D eigenvalue weighted by atomic mass is 10.1. The number of nitrogens with zero attached hydrogens (tertiary/aromatic N) is 5. The molecular weight excluding hydrogens is 509 g/mol. The van der Waals surface area contributed by atoms with Gasteiger partial charge in [0.2, 0.25) is 11.8 Å². The molecule has 1 aromatic heterocycles. The lowest BCUT2D eigenvalue weighted by Gasteiger charge is -2.35. The number of carbonyl (C=O) groups excluding carboxylic acids is 2. The van der Waals surface area contributed by atoms with Gasteiger partial charge in [0.05, 0.1) is 11.9 Å². The average Bonchev–Trinajstić information content (AvgIpc) is 3.14. The number of hydrogen-bond donors (Lipinski definition) is 2. The van der Waals surface area contributed by atoms with E-state index in [2.05, 4.69) is 15.7 Å². The fraction of sp³-hybridized carbons (Fsp3) is 0.429. The molecule has 0 aliphatic carbocycles. The molecule has 2 aromatic rings. The van der Waals surface area contributed by atoms with Gasteiger partial charge in [-0.25, -0.2) is 0 Å². The van der Waals surface area contributed by atoms with E-state index in [9.17, 15) is 9.59 Å². The van der Waals surface area contributed by atoms with Crippen molar-refractivity contribution in [2.75, 3.05) is 42.9 Å². The van der Waals surface area contributed by atoms with Gasteiger partial charge in [0.1, 0.15) is 6.54 Å². The molecule has 1 aromatic carbocycles. The van der Waals surface area contributed by atoms with E-state index >= 15 is 0 Å². The Labute approximate surface area is 199 Å². The third kappa shape index (κ3) is 6.94. The van der Waals surface area contributed by atoms with Gasteiger partial charge in [-0.3, -0.25) is 19.3 Å². The Morgan fingerprint density at radius 1 is 1.23 bits per heavy atom. The molecule has 0 bridgehead atoms. The number of nitrogens with one attached hydrogen (secondary N) is 2. The van der Waals surface area contributed by atoms with Crippen LogP contribution >= 0.6 is 24.0 Å². The highest BCUT2D eigenvalue weighted by molar-refractivity contribution is 14.0. The Morgan fingerprint density at radius 2 is 1.97 bits per heavy atom. The first-order chi connectivity index (χ1) is 14.5. The molecule has 1 saturated heterocycles. The van der Waals surface area contributed by atoms with E-state index in [4.69, 9.17) is 4.99 Å². The van der Waals surface area contributed by atoms with Crippen molar-refractivity contribution in [2.45, 2.75) is 20.3 Å². The van der Waals surface area contributed by atoms with Crippen LogP contribution in [0.2, 0.25) is 0 Å². The summed E-state index contributed by atoms with van der Waals surface area (Å²) < 4.78 is 1.70. The first-order valence-corrected chi connectivity index (χ1v) is 10.1. The van der Waals surface area contributed by atoms with E-state index in [1.165, 1.54) is 6.92 Å². The topological polar surface area (TPSA) is 94.9 Å². The number of halogens is 1. The molecule has 0 saturated carbocycles. The zero-order valence-electron chi connectivity index (χ0n) is 18.2. The minimum Gasteiger partial charge on any atom is -0.357 e. The Kier molecular flexibility index (Phi) is 9.28. The molecule has 10 heteroatoms. The second-order valence-electron chi connectivity index (χ2n) is 7.20. The fourth-order valence-electron chi connectivity index (χ4n) is 3.35. The van der Waals surface area contributed by atoms with Crippen molar-refractivity contribution in [2.24, 2.45) is 12.0 Å². The molecule has 2 amide bonds. The van der Waals surface area contributed by atoms with Crippen molar-refractivity contribution in [3.63, 3.8) is 0 Å². The monoisotopic (exact) mass is 539 g/mol. The number of benzene rings is 1. The molecule has 168 valence electrons. The van der Waals surface area contributed by atoms with E-state index in [0.717, 1.165) is 35.9 Å². The van der Waals surface area contributed by atoms with Gasteiger partial charge < -0.3 is 20.4 Å². The van der Waals surface area contributed by atoms with Crippen molar-refractivity contribution in [3.05, 3.63) is 42.2 Å². The van der Waals surface area contributed by atoms with Gasteiger partial charge in [-0.1, -0.05) is 12.1 Å². The van der Waals surface area contributed by atoms with E-state index in [-0.39, 0.29) is 42.3 Å². The molecule has 0 atom stereocenters. The minimum atomic E-state index is -0.0826. The van der Waals surface area contributed by atoms with Crippen LogP contribution in [0.15, 0.2) is 41.7 Å². The summed E-state index contributed by atoms with van der Waals surface area (Å²) in [7, 11) is 1.84. The van der Waals surface area contributed by atoms with E-state index < -0.39 is 0 Å². The summed E-state index contributed by atoms with van der Waals surface area (Å²) in [5.41, 5.74) is 2.75.